The second-order valence-corrected chi connectivity index (χ2v) is 9.27. The molecule has 0 unspecified atom stereocenters. The first-order chi connectivity index (χ1) is 14.4. The fraction of sp³-hybridized carbons (Fsp3) is 0.273. The van der Waals surface area contributed by atoms with Gasteiger partial charge >= 0.3 is 0 Å². The van der Waals surface area contributed by atoms with Gasteiger partial charge < -0.3 is 9.47 Å². The Bertz CT molecular complexity index is 976. The Morgan fingerprint density at radius 1 is 1.03 bits per heavy atom. The number of imide groups is 1. The van der Waals surface area contributed by atoms with Gasteiger partial charge in [-0.15, -0.1) is 0 Å². The minimum atomic E-state index is -0.257. The lowest BCUT2D eigenvalue weighted by atomic mass is 10.1. The van der Waals surface area contributed by atoms with Crippen molar-refractivity contribution in [3.8, 4) is 11.5 Å². The molecule has 3 rings (SSSR count). The van der Waals surface area contributed by atoms with Crippen LogP contribution in [0.5, 0.6) is 11.5 Å². The molecule has 0 N–H and O–H groups in total. The number of carbonyl (C=O) groups excluding carboxylic acids is 2. The molecule has 1 aliphatic heterocycles. The van der Waals surface area contributed by atoms with Crippen molar-refractivity contribution in [3.05, 3.63) is 61.4 Å². The van der Waals surface area contributed by atoms with Crippen LogP contribution in [0.15, 0.2) is 50.2 Å². The van der Waals surface area contributed by atoms with Gasteiger partial charge in [0.1, 0.15) is 6.61 Å². The van der Waals surface area contributed by atoms with Crippen molar-refractivity contribution in [1.29, 1.82) is 0 Å². The molecule has 1 saturated heterocycles. The standard InChI is InChI=1S/C22H21Br2NO4S/c1-3-9-25-21(26)20(30-22(25)27)11-15-10-18(28-4-2)19(12-17(15)24)29-13-14-5-7-16(23)8-6-14/h5-8,10-12H,3-4,9,13H2,1-2H3/b20-11+. The van der Waals surface area contributed by atoms with E-state index in [1.165, 1.54) is 4.90 Å². The molecule has 0 saturated carbocycles. The highest BCUT2D eigenvalue weighted by Gasteiger charge is 2.34. The lowest BCUT2D eigenvalue weighted by Gasteiger charge is -2.14. The van der Waals surface area contributed by atoms with Gasteiger partial charge in [-0.3, -0.25) is 14.5 Å². The molecule has 0 bridgehead atoms. The van der Waals surface area contributed by atoms with Crippen LogP contribution in [-0.4, -0.2) is 29.2 Å². The van der Waals surface area contributed by atoms with Crippen molar-refractivity contribution in [2.45, 2.75) is 26.9 Å². The fourth-order valence-electron chi connectivity index (χ4n) is 2.84. The number of hydrogen-bond donors (Lipinski definition) is 0. The van der Waals surface area contributed by atoms with E-state index in [1.54, 1.807) is 6.08 Å². The summed E-state index contributed by atoms with van der Waals surface area (Å²) in [7, 11) is 0. The minimum Gasteiger partial charge on any atom is -0.490 e. The van der Waals surface area contributed by atoms with Crippen LogP contribution in [0.2, 0.25) is 0 Å². The van der Waals surface area contributed by atoms with Crippen LogP contribution in [-0.2, 0) is 11.4 Å². The Morgan fingerprint density at radius 3 is 2.40 bits per heavy atom. The summed E-state index contributed by atoms with van der Waals surface area (Å²) in [5, 5.41) is -0.233. The van der Waals surface area contributed by atoms with Gasteiger partial charge in [0.2, 0.25) is 0 Å². The minimum absolute atomic E-state index is 0.233. The zero-order valence-corrected chi connectivity index (χ0v) is 20.6. The number of benzene rings is 2. The zero-order valence-electron chi connectivity index (χ0n) is 16.6. The highest BCUT2D eigenvalue weighted by Crippen LogP contribution is 2.38. The molecule has 1 fully saturated rings. The molecule has 1 heterocycles. The average Bonchev–Trinajstić information content (AvgIpc) is 2.98. The predicted octanol–water partition coefficient (Wildman–Crippen LogP) is 6.64. The molecule has 0 spiro atoms. The van der Waals surface area contributed by atoms with Gasteiger partial charge in [0.25, 0.3) is 11.1 Å². The second-order valence-electron chi connectivity index (χ2n) is 6.50. The summed E-state index contributed by atoms with van der Waals surface area (Å²) in [6.45, 7) is 5.13. The third-order valence-electron chi connectivity index (χ3n) is 4.28. The van der Waals surface area contributed by atoms with Crippen LogP contribution in [0, 0.1) is 0 Å². The molecular weight excluding hydrogens is 534 g/mol. The number of nitrogens with zero attached hydrogens (tertiary/aromatic N) is 1. The molecule has 2 aromatic carbocycles. The molecule has 2 amide bonds. The average molecular weight is 555 g/mol. The highest BCUT2D eigenvalue weighted by molar-refractivity contribution is 9.10. The number of amides is 2. The summed E-state index contributed by atoms with van der Waals surface area (Å²) < 4.78 is 13.5. The summed E-state index contributed by atoms with van der Waals surface area (Å²) in [5.74, 6) is 0.923. The predicted molar refractivity (Wildman–Crippen MR) is 127 cm³/mol. The molecule has 1 aliphatic rings. The first-order valence-electron chi connectivity index (χ1n) is 9.51. The van der Waals surface area contributed by atoms with E-state index < -0.39 is 0 Å². The lowest BCUT2D eigenvalue weighted by Crippen LogP contribution is -2.28. The third-order valence-corrected chi connectivity index (χ3v) is 6.40. The largest absolute Gasteiger partial charge is 0.490 e. The molecule has 30 heavy (non-hydrogen) atoms. The Balaban J connectivity index is 1.85. The first-order valence-corrected chi connectivity index (χ1v) is 11.9. The summed E-state index contributed by atoms with van der Waals surface area (Å²) in [4.78, 5) is 26.3. The van der Waals surface area contributed by atoms with Crippen molar-refractivity contribution in [3.63, 3.8) is 0 Å². The van der Waals surface area contributed by atoms with Crippen LogP contribution in [0.3, 0.4) is 0 Å². The van der Waals surface area contributed by atoms with E-state index in [4.69, 9.17) is 9.47 Å². The van der Waals surface area contributed by atoms with E-state index >= 15 is 0 Å². The van der Waals surface area contributed by atoms with Crippen LogP contribution in [0.25, 0.3) is 6.08 Å². The number of carbonyl (C=O) groups is 2. The number of ether oxygens (including phenoxy) is 2. The van der Waals surface area contributed by atoms with E-state index in [-0.39, 0.29) is 11.1 Å². The summed E-state index contributed by atoms with van der Waals surface area (Å²) in [6, 6.07) is 11.5. The topological polar surface area (TPSA) is 55.8 Å². The Labute approximate surface area is 197 Å². The quantitative estimate of drug-likeness (QED) is 0.342. The fourth-order valence-corrected chi connectivity index (χ4v) is 4.40. The number of thioether (sulfide) groups is 1. The van der Waals surface area contributed by atoms with Gasteiger partial charge in [-0.1, -0.05) is 50.9 Å². The third kappa shape index (κ3) is 5.47. The summed E-state index contributed by atoms with van der Waals surface area (Å²) >= 11 is 7.94. The van der Waals surface area contributed by atoms with Crippen molar-refractivity contribution in [2.75, 3.05) is 13.2 Å². The molecule has 8 heteroatoms. The normalized spacial score (nSPS) is 15.2. The Kier molecular flexibility index (Phi) is 8.02. The number of halogens is 2. The maximum Gasteiger partial charge on any atom is 0.293 e. The summed E-state index contributed by atoms with van der Waals surface area (Å²) in [6.07, 6.45) is 2.44. The van der Waals surface area contributed by atoms with Crippen LogP contribution >= 0.6 is 43.6 Å². The van der Waals surface area contributed by atoms with Crippen molar-refractivity contribution >= 4 is 60.8 Å². The van der Waals surface area contributed by atoms with E-state index in [1.807, 2.05) is 50.2 Å². The molecule has 0 aliphatic carbocycles. The molecule has 158 valence electrons. The Hall–Kier alpha value is -1.77. The van der Waals surface area contributed by atoms with E-state index in [0.717, 1.165) is 38.3 Å². The number of hydrogen-bond acceptors (Lipinski definition) is 5. The van der Waals surface area contributed by atoms with Crippen LogP contribution in [0.4, 0.5) is 4.79 Å². The molecule has 0 atom stereocenters. The van der Waals surface area contributed by atoms with Gasteiger partial charge in [0, 0.05) is 15.5 Å². The molecule has 0 aromatic heterocycles. The second kappa shape index (κ2) is 10.5. The van der Waals surface area contributed by atoms with Gasteiger partial charge in [-0.05, 0) is 66.6 Å². The zero-order chi connectivity index (χ0) is 21.7. The maximum atomic E-state index is 12.5. The number of rotatable bonds is 8. The highest BCUT2D eigenvalue weighted by atomic mass is 79.9. The van der Waals surface area contributed by atoms with E-state index in [2.05, 4.69) is 31.9 Å². The molecule has 0 radical (unpaired) electrons. The Morgan fingerprint density at radius 2 is 1.73 bits per heavy atom. The van der Waals surface area contributed by atoms with Crippen molar-refractivity contribution in [2.24, 2.45) is 0 Å². The van der Waals surface area contributed by atoms with Crippen LogP contribution < -0.4 is 9.47 Å². The van der Waals surface area contributed by atoms with Gasteiger partial charge in [-0.25, -0.2) is 0 Å². The smallest absolute Gasteiger partial charge is 0.293 e. The first kappa shape index (κ1) is 22.9. The van der Waals surface area contributed by atoms with Crippen LogP contribution in [0.1, 0.15) is 31.4 Å². The SMILES string of the molecule is CCCN1C(=O)S/C(=C/c2cc(OCC)c(OCc3ccc(Br)cc3)cc2Br)C1=O. The van der Waals surface area contributed by atoms with Gasteiger partial charge in [0.15, 0.2) is 11.5 Å². The maximum absolute atomic E-state index is 12.5. The lowest BCUT2D eigenvalue weighted by molar-refractivity contribution is -0.122. The van der Waals surface area contributed by atoms with Gasteiger partial charge in [0.05, 0.1) is 11.5 Å². The summed E-state index contributed by atoms with van der Waals surface area (Å²) in [5.41, 5.74) is 1.78. The monoisotopic (exact) mass is 553 g/mol. The molecule has 2 aromatic rings. The van der Waals surface area contributed by atoms with Gasteiger partial charge in [-0.2, -0.15) is 0 Å². The van der Waals surface area contributed by atoms with Crippen molar-refractivity contribution in [1.82, 2.24) is 4.90 Å². The van der Waals surface area contributed by atoms with E-state index in [0.29, 0.717) is 36.2 Å². The molecular formula is C22H21Br2NO4S. The van der Waals surface area contributed by atoms with Crippen molar-refractivity contribution < 1.29 is 19.1 Å². The van der Waals surface area contributed by atoms with E-state index in [9.17, 15) is 9.59 Å². The molecule has 5 nitrogen and oxygen atoms in total.